The number of hydrogen-bond donors (Lipinski definition) is 0. The molecule has 0 aromatic carbocycles. The van der Waals surface area contributed by atoms with E-state index in [-0.39, 0.29) is 5.38 Å². The third-order valence-electron chi connectivity index (χ3n) is 3.63. The van der Waals surface area contributed by atoms with Crippen molar-refractivity contribution >= 4 is 22.8 Å². The molecular formula is C14H19ClN4O. The Morgan fingerprint density at radius 1 is 1.35 bits per heavy atom. The summed E-state index contributed by atoms with van der Waals surface area (Å²) >= 11 is 6.26. The predicted octanol–water partition coefficient (Wildman–Crippen LogP) is 2.06. The molecule has 6 heteroatoms. The maximum Gasteiger partial charge on any atom is 0.160 e. The molecular weight excluding hydrogens is 276 g/mol. The lowest BCUT2D eigenvalue weighted by atomic mass is 10.4. The van der Waals surface area contributed by atoms with E-state index in [0.717, 1.165) is 56.4 Å². The Hall–Kier alpha value is -1.17. The number of fused-ring (bicyclic) bond motifs is 1. The van der Waals surface area contributed by atoms with E-state index in [2.05, 4.69) is 19.4 Å². The van der Waals surface area contributed by atoms with Crippen LogP contribution in [-0.4, -0.2) is 52.3 Å². The van der Waals surface area contributed by atoms with Gasteiger partial charge in [-0.25, -0.2) is 9.97 Å². The highest BCUT2D eigenvalue weighted by atomic mass is 35.5. The fraction of sp³-hybridized carbons (Fsp3) is 0.571. The summed E-state index contributed by atoms with van der Waals surface area (Å²) in [5, 5.41) is -0.117. The lowest BCUT2D eigenvalue weighted by molar-refractivity contribution is 0.0364. The predicted molar refractivity (Wildman–Crippen MR) is 79.1 cm³/mol. The highest BCUT2D eigenvalue weighted by Crippen LogP contribution is 2.23. The first kappa shape index (κ1) is 13.8. The zero-order chi connectivity index (χ0) is 13.9. The first-order chi connectivity index (χ1) is 9.75. The molecule has 3 rings (SSSR count). The number of pyridine rings is 1. The van der Waals surface area contributed by atoms with Crippen LogP contribution >= 0.6 is 11.6 Å². The molecule has 2 aromatic rings. The summed E-state index contributed by atoms with van der Waals surface area (Å²) in [7, 11) is 0. The van der Waals surface area contributed by atoms with Crippen molar-refractivity contribution in [3.63, 3.8) is 0 Å². The lowest BCUT2D eigenvalue weighted by Crippen LogP contribution is -2.38. The van der Waals surface area contributed by atoms with Gasteiger partial charge in [0.2, 0.25) is 0 Å². The monoisotopic (exact) mass is 294 g/mol. The maximum atomic E-state index is 6.26. The first-order valence-electron chi connectivity index (χ1n) is 7.01. The van der Waals surface area contributed by atoms with Crippen molar-refractivity contribution in [3.8, 4) is 0 Å². The molecule has 1 unspecified atom stereocenters. The molecule has 0 radical (unpaired) electrons. The number of nitrogens with zero attached hydrogens (tertiary/aromatic N) is 4. The smallest absolute Gasteiger partial charge is 0.160 e. The summed E-state index contributed by atoms with van der Waals surface area (Å²) < 4.78 is 7.52. The van der Waals surface area contributed by atoms with E-state index in [1.165, 1.54) is 0 Å². The maximum absolute atomic E-state index is 6.26. The molecule has 0 bridgehead atoms. The van der Waals surface area contributed by atoms with Crippen LogP contribution in [0, 0.1) is 0 Å². The van der Waals surface area contributed by atoms with Crippen LogP contribution in [-0.2, 0) is 11.3 Å². The van der Waals surface area contributed by atoms with Gasteiger partial charge in [-0.05, 0) is 19.1 Å². The second-order valence-corrected chi connectivity index (χ2v) is 5.69. The lowest BCUT2D eigenvalue weighted by Gasteiger charge is -2.27. The molecule has 3 heterocycles. The van der Waals surface area contributed by atoms with Gasteiger partial charge in [0.1, 0.15) is 11.3 Å². The summed E-state index contributed by atoms with van der Waals surface area (Å²) in [6.07, 6.45) is 1.80. The number of rotatable bonds is 4. The summed E-state index contributed by atoms with van der Waals surface area (Å²) in [6.45, 7) is 7.41. The molecule has 0 saturated carbocycles. The fourth-order valence-corrected chi connectivity index (χ4v) is 2.73. The van der Waals surface area contributed by atoms with E-state index in [1.54, 1.807) is 6.20 Å². The Kier molecular flexibility index (Phi) is 4.19. The van der Waals surface area contributed by atoms with Crippen molar-refractivity contribution in [1.82, 2.24) is 19.4 Å². The second kappa shape index (κ2) is 6.08. The third kappa shape index (κ3) is 2.80. The highest BCUT2D eigenvalue weighted by molar-refractivity contribution is 6.20. The molecule has 20 heavy (non-hydrogen) atoms. The topological polar surface area (TPSA) is 43.2 Å². The standard InChI is InChI=1S/C14H19ClN4O/c1-11(15)13-17-12-3-2-4-16-14(12)19(13)6-5-18-7-9-20-10-8-18/h2-4,11H,5-10H2,1H3. The molecule has 0 N–H and O–H groups in total. The van der Waals surface area contributed by atoms with E-state index in [9.17, 15) is 0 Å². The molecule has 2 aromatic heterocycles. The van der Waals surface area contributed by atoms with Gasteiger partial charge in [-0.2, -0.15) is 0 Å². The second-order valence-electron chi connectivity index (χ2n) is 5.04. The van der Waals surface area contributed by atoms with E-state index >= 15 is 0 Å². The van der Waals surface area contributed by atoms with Crippen LogP contribution in [0.3, 0.4) is 0 Å². The molecule has 1 atom stereocenters. The fourth-order valence-electron chi connectivity index (χ4n) is 2.57. The number of imidazole rings is 1. The van der Waals surface area contributed by atoms with Gasteiger partial charge in [0, 0.05) is 32.4 Å². The van der Waals surface area contributed by atoms with Crippen molar-refractivity contribution in [2.45, 2.75) is 18.8 Å². The van der Waals surface area contributed by atoms with Crippen molar-refractivity contribution < 1.29 is 4.74 Å². The SMILES string of the molecule is CC(Cl)c1nc2cccnc2n1CCN1CCOCC1. The molecule has 0 aliphatic carbocycles. The summed E-state index contributed by atoms with van der Waals surface area (Å²) in [5.41, 5.74) is 1.83. The van der Waals surface area contributed by atoms with Gasteiger partial charge in [0.25, 0.3) is 0 Å². The quantitative estimate of drug-likeness (QED) is 0.810. The van der Waals surface area contributed by atoms with Crippen LogP contribution < -0.4 is 0 Å². The third-order valence-corrected chi connectivity index (χ3v) is 3.83. The number of morpholine rings is 1. The van der Waals surface area contributed by atoms with Crippen molar-refractivity contribution in [3.05, 3.63) is 24.2 Å². The molecule has 1 aliphatic rings. The average molecular weight is 295 g/mol. The van der Waals surface area contributed by atoms with Crippen molar-refractivity contribution in [2.24, 2.45) is 0 Å². The molecule has 1 saturated heterocycles. The number of ether oxygens (including phenoxy) is 1. The van der Waals surface area contributed by atoms with Crippen LogP contribution in [0.1, 0.15) is 18.1 Å². The Labute approximate surface area is 123 Å². The molecule has 0 amide bonds. The van der Waals surface area contributed by atoms with Gasteiger partial charge in [0.05, 0.1) is 18.6 Å². The molecule has 0 spiro atoms. The Morgan fingerprint density at radius 3 is 2.90 bits per heavy atom. The van der Waals surface area contributed by atoms with Crippen LogP contribution in [0.4, 0.5) is 0 Å². The summed E-state index contributed by atoms with van der Waals surface area (Å²) in [5.74, 6) is 0.897. The average Bonchev–Trinajstić information content (AvgIpc) is 2.85. The number of hydrogen-bond acceptors (Lipinski definition) is 4. The van der Waals surface area contributed by atoms with E-state index in [4.69, 9.17) is 16.3 Å². The van der Waals surface area contributed by atoms with Gasteiger partial charge in [0.15, 0.2) is 5.65 Å². The zero-order valence-electron chi connectivity index (χ0n) is 11.6. The first-order valence-corrected chi connectivity index (χ1v) is 7.44. The van der Waals surface area contributed by atoms with Crippen LogP contribution in [0.5, 0.6) is 0 Å². The summed E-state index contributed by atoms with van der Waals surface area (Å²) in [6, 6.07) is 3.89. The van der Waals surface area contributed by atoms with Gasteiger partial charge in [-0.15, -0.1) is 11.6 Å². The van der Waals surface area contributed by atoms with E-state index < -0.39 is 0 Å². The minimum Gasteiger partial charge on any atom is -0.379 e. The van der Waals surface area contributed by atoms with Gasteiger partial charge in [-0.1, -0.05) is 0 Å². The number of halogens is 1. The molecule has 1 aliphatic heterocycles. The minimum absolute atomic E-state index is 0.117. The van der Waals surface area contributed by atoms with Crippen LogP contribution in [0.15, 0.2) is 18.3 Å². The molecule has 108 valence electrons. The number of alkyl halides is 1. The van der Waals surface area contributed by atoms with Crippen molar-refractivity contribution in [1.29, 1.82) is 0 Å². The minimum atomic E-state index is -0.117. The largest absolute Gasteiger partial charge is 0.379 e. The van der Waals surface area contributed by atoms with Gasteiger partial charge in [-0.3, -0.25) is 4.90 Å². The Balaban J connectivity index is 1.83. The molecule has 1 fully saturated rings. The van der Waals surface area contributed by atoms with Gasteiger partial charge >= 0.3 is 0 Å². The Bertz CT molecular complexity index is 578. The van der Waals surface area contributed by atoms with E-state index in [1.807, 2.05) is 19.1 Å². The van der Waals surface area contributed by atoms with Gasteiger partial charge < -0.3 is 9.30 Å². The van der Waals surface area contributed by atoms with E-state index in [0.29, 0.717) is 0 Å². The summed E-state index contributed by atoms with van der Waals surface area (Å²) in [4.78, 5) is 11.5. The highest BCUT2D eigenvalue weighted by Gasteiger charge is 2.17. The normalized spacial score (nSPS) is 18.5. The van der Waals surface area contributed by atoms with Crippen LogP contribution in [0.2, 0.25) is 0 Å². The van der Waals surface area contributed by atoms with Crippen LogP contribution in [0.25, 0.3) is 11.2 Å². The number of aromatic nitrogens is 3. The Morgan fingerprint density at radius 2 is 2.15 bits per heavy atom. The zero-order valence-corrected chi connectivity index (χ0v) is 12.4. The molecule has 5 nitrogen and oxygen atoms in total. The van der Waals surface area contributed by atoms with Crippen molar-refractivity contribution in [2.75, 3.05) is 32.8 Å².